The third kappa shape index (κ3) is 5.46. The number of amides is 1. The number of benzene rings is 1. The molecule has 2 heterocycles. The molecule has 1 aromatic carbocycles. The number of aliphatic hydroxyl groups is 1. The van der Waals surface area contributed by atoms with E-state index in [9.17, 15) is 19.8 Å². The van der Waals surface area contributed by atoms with Gasteiger partial charge in [-0.15, -0.1) is 0 Å². The van der Waals surface area contributed by atoms with Crippen molar-refractivity contribution in [3.8, 4) is 5.88 Å². The number of carboxylic acid groups (broad SMARTS) is 1. The van der Waals surface area contributed by atoms with Crippen molar-refractivity contribution in [2.45, 2.75) is 32.5 Å². The maximum atomic E-state index is 13.2. The van der Waals surface area contributed by atoms with Crippen molar-refractivity contribution in [2.24, 2.45) is 5.92 Å². The summed E-state index contributed by atoms with van der Waals surface area (Å²) in [6.45, 7) is 5.01. The highest BCUT2D eigenvalue weighted by Gasteiger charge is 2.34. The molecule has 1 aromatic heterocycles. The number of aliphatic hydroxyl groups excluding tert-OH is 1. The molecular formula is C23H28BrN3O5. The van der Waals surface area contributed by atoms with Gasteiger partial charge in [-0.05, 0) is 47.6 Å². The first kappa shape index (κ1) is 24.2. The number of rotatable bonds is 7. The quantitative estimate of drug-likeness (QED) is 0.596. The number of aromatic carboxylic acids is 1. The number of pyridine rings is 1. The first-order valence-corrected chi connectivity index (χ1v) is 11.2. The Balaban J connectivity index is 1.86. The molecule has 1 aliphatic heterocycles. The van der Waals surface area contributed by atoms with Crippen LogP contribution in [0.2, 0.25) is 0 Å². The van der Waals surface area contributed by atoms with E-state index in [1.807, 2.05) is 31.9 Å². The fraction of sp³-hybridized carbons (Fsp3) is 0.435. The zero-order valence-corrected chi connectivity index (χ0v) is 19.9. The minimum absolute atomic E-state index is 0.0521. The van der Waals surface area contributed by atoms with Crippen LogP contribution < -0.4 is 4.74 Å². The van der Waals surface area contributed by atoms with E-state index in [0.717, 1.165) is 0 Å². The Hall–Kier alpha value is -2.49. The lowest BCUT2D eigenvalue weighted by Gasteiger charge is -2.37. The lowest BCUT2D eigenvalue weighted by Crippen LogP contribution is -2.49. The zero-order chi connectivity index (χ0) is 23.4. The van der Waals surface area contributed by atoms with Crippen molar-refractivity contribution < 1.29 is 24.5 Å². The fourth-order valence-corrected chi connectivity index (χ4v) is 4.16. The minimum Gasteiger partial charge on any atom is -0.478 e. The number of nitrogens with zero attached hydrogens (tertiary/aromatic N) is 3. The Morgan fingerprint density at radius 3 is 2.81 bits per heavy atom. The van der Waals surface area contributed by atoms with E-state index >= 15 is 0 Å². The molecule has 0 aliphatic carbocycles. The van der Waals surface area contributed by atoms with Crippen LogP contribution in [0.15, 0.2) is 41.0 Å². The van der Waals surface area contributed by atoms with Crippen LogP contribution in [0, 0.1) is 5.92 Å². The zero-order valence-electron chi connectivity index (χ0n) is 18.4. The summed E-state index contributed by atoms with van der Waals surface area (Å²) >= 11 is 3.37. The molecule has 172 valence electrons. The number of hydrogen-bond acceptors (Lipinski definition) is 6. The normalized spacial score (nSPS) is 19.7. The number of aromatic nitrogens is 1. The highest BCUT2D eigenvalue weighted by molar-refractivity contribution is 9.10. The molecule has 1 aliphatic rings. The number of halogens is 1. The minimum atomic E-state index is -0.958. The molecule has 0 spiro atoms. The van der Waals surface area contributed by atoms with E-state index in [0.29, 0.717) is 35.2 Å². The number of fused-ring (bicyclic) bond motifs is 1. The van der Waals surface area contributed by atoms with Crippen LogP contribution in [0.1, 0.15) is 40.1 Å². The molecule has 1 amide bonds. The number of ether oxygens (including phenoxy) is 1. The molecule has 0 saturated carbocycles. The van der Waals surface area contributed by atoms with Crippen LogP contribution in [0.4, 0.5) is 0 Å². The van der Waals surface area contributed by atoms with Gasteiger partial charge in [0.05, 0.1) is 18.2 Å². The predicted octanol–water partition coefficient (Wildman–Crippen LogP) is 2.89. The average molecular weight is 506 g/mol. The Labute approximate surface area is 195 Å². The van der Waals surface area contributed by atoms with Gasteiger partial charge in [0.2, 0.25) is 5.88 Å². The van der Waals surface area contributed by atoms with Gasteiger partial charge in [0, 0.05) is 36.2 Å². The second-order valence-electron chi connectivity index (χ2n) is 8.29. The van der Waals surface area contributed by atoms with Crippen molar-refractivity contribution in [3.63, 3.8) is 0 Å². The monoisotopic (exact) mass is 505 g/mol. The van der Waals surface area contributed by atoms with Crippen LogP contribution in [-0.2, 0) is 6.54 Å². The van der Waals surface area contributed by atoms with Gasteiger partial charge in [-0.3, -0.25) is 9.69 Å². The lowest BCUT2D eigenvalue weighted by atomic mass is 10.00. The smallest absolute Gasteiger partial charge is 0.336 e. The SMILES string of the molecule is C[C@H]1CN([C@@H](C)CO)C(=O)c2cc(Br)cnc2O[C@H]1CN(C)Cc1ccccc1C(=O)O. The van der Waals surface area contributed by atoms with Crippen LogP contribution in [0.25, 0.3) is 0 Å². The summed E-state index contributed by atoms with van der Waals surface area (Å²) in [6.07, 6.45) is 1.29. The van der Waals surface area contributed by atoms with Crippen molar-refractivity contribution >= 4 is 27.8 Å². The van der Waals surface area contributed by atoms with Gasteiger partial charge >= 0.3 is 5.97 Å². The average Bonchev–Trinajstić information content (AvgIpc) is 2.76. The van der Waals surface area contributed by atoms with Gasteiger partial charge in [0.25, 0.3) is 5.91 Å². The van der Waals surface area contributed by atoms with E-state index in [4.69, 9.17) is 4.74 Å². The Kier molecular flexibility index (Phi) is 7.86. The third-order valence-corrected chi connectivity index (χ3v) is 6.10. The van der Waals surface area contributed by atoms with Gasteiger partial charge in [0.1, 0.15) is 11.7 Å². The number of likely N-dealkylation sites (N-methyl/N-ethyl adjacent to an activating group) is 1. The Morgan fingerprint density at radius 1 is 1.41 bits per heavy atom. The number of hydrogen-bond donors (Lipinski definition) is 2. The second kappa shape index (κ2) is 10.4. The molecule has 3 atom stereocenters. The first-order chi connectivity index (χ1) is 15.2. The molecule has 2 aromatic rings. The molecule has 3 rings (SSSR count). The standard InChI is InChI=1S/C23H28BrN3O5/c1-14-10-27(15(2)13-28)22(29)19-8-17(24)9-25-21(19)32-20(14)12-26(3)11-16-6-4-5-7-18(16)23(30)31/h4-9,14-15,20,28H,10-13H2,1-3H3,(H,30,31)/t14-,15-,20-/m0/s1. The predicted molar refractivity (Wildman–Crippen MR) is 123 cm³/mol. The van der Waals surface area contributed by atoms with E-state index in [1.165, 1.54) is 0 Å². The van der Waals surface area contributed by atoms with Crippen molar-refractivity contribution in [2.75, 3.05) is 26.7 Å². The van der Waals surface area contributed by atoms with Gasteiger partial charge in [0.15, 0.2) is 0 Å². The van der Waals surface area contributed by atoms with Crippen molar-refractivity contribution in [1.82, 2.24) is 14.8 Å². The summed E-state index contributed by atoms with van der Waals surface area (Å²) in [7, 11) is 1.91. The van der Waals surface area contributed by atoms with E-state index in [-0.39, 0.29) is 42.0 Å². The summed E-state index contributed by atoms with van der Waals surface area (Å²) in [6, 6.07) is 8.26. The third-order valence-electron chi connectivity index (χ3n) is 5.67. The second-order valence-corrected chi connectivity index (χ2v) is 9.20. The largest absolute Gasteiger partial charge is 0.478 e. The van der Waals surface area contributed by atoms with Crippen molar-refractivity contribution in [3.05, 3.63) is 57.7 Å². The molecule has 0 saturated heterocycles. The summed E-state index contributed by atoms with van der Waals surface area (Å²) < 4.78 is 6.89. The van der Waals surface area contributed by atoms with Crippen LogP contribution in [0.3, 0.4) is 0 Å². The van der Waals surface area contributed by atoms with E-state index < -0.39 is 5.97 Å². The molecule has 9 heteroatoms. The molecule has 0 unspecified atom stereocenters. The Morgan fingerprint density at radius 2 is 2.12 bits per heavy atom. The van der Waals surface area contributed by atoms with Gasteiger partial charge in [-0.25, -0.2) is 9.78 Å². The summed E-state index contributed by atoms with van der Waals surface area (Å²) in [5.74, 6) is -0.988. The highest BCUT2D eigenvalue weighted by atomic mass is 79.9. The number of carbonyl (C=O) groups excluding carboxylic acids is 1. The molecule has 32 heavy (non-hydrogen) atoms. The Bertz CT molecular complexity index is 986. The number of carbonyl (C=O) groups is 2. The fourth-order valence-electron chi connectivity index (χ4n) is 3.82. The van der Waals surface area contributed by atoms with Crippen LogP contribution in [0.5, 0.6) is 5.88 Å². The molecule has 0 fully saturated rings. The van der Waals surface area contributed by atoms with Crippen LogP contribution >= 0.6 is 15.9 Å². The maximum absolute atomic E-state index is 13.2. The van der Waals surface area contributed by atoms with Crippen LogP contribution in [-0.4, -0.2) is 75.8 Å². The molecular weight excluding hydrogens is 478 g/mol. The van der Waals surface area contributed by atoms with Gasteiger partial charge < -0.3 is 19.8 Å². The molecule has 0 radical (unpaired) electrons. The molecule has 8 nitrogen and oxygen atoms in total. The van der Waals surface area contributed by atoms with E-state index in [1.54, 1.807) is 35.4 Å². The first-order valence-electron chi connectivity index (χ1n) is 10.4. The molecule has 2 N–H and O–H groups in total. The van der Waals surface area contributed by atoms with Crippen molar-refractivity contribution in [1.29, 1.82) is 0 Å². The van der Waals surface area contributed by atoms with Gasteiger partial charge in [-0.2, -0.15) is 0 Å². The topological polar surface area (TPSA) is 103 Å². The highest BCUT2D eigenvalue weighted by Crippen LogP contribution is 2.28. The summed E-state index contributed by atoms with van der Waals surface area (Å²) in [5.41, 5.74) is 1.33. The summed E-state index contributed by atoms with van der Waals surface area (Å²) in [5, 5.41) is 19.2. The summed E-state index contributed by atoms with van der Waals surface area (Å²) in [4.78, 5) is 32.7. The maximum Gasteiger partial charge on any atom is 0.336 e. The number of carboxylic acids is 1. The molecule has 0 bridgehead atoms. The van der Waals surface area contributed by atoms with E-state index in [2.05, 4.69) is 20.9 Å². The van der Waals surface area contributed by atoms with Gasteiger partial charge in [-0.1, -0.05) is 25.1 Å². The lowest BCUT2D eigenvalue weighted by molar-refractivity contribution is 0.0325.